The molecule has 12 nitrogen and oxygen atoms in total. The van der Waals surface area contributed by atoms with Gasteiger partial charge in [-0.25, -0.2) is 14.8 Å². The van der Waals surface area contributed by atoms with Gasteiger partial charge in [0.2, 0.25) is 0 Å². The average Bonchev–Trinajstić information content (AvgIpc) is 3.08. The maximum Gasteiger partial charge on any atom is 0.491 e. The number of sulfonamides is 1. The lowest BCUT2D eigenvalue weighted by atomic mass is 9.79. The van der Waals surface area contributed by atoms with Crippen LogP contribution < -0.4 is 20.8 Å². The van der Waals surface area contributed by atoms with Gasteiger partial charge in [-0.05, 0) is 29.2 Å². The van der Waals surface area contributed by atoms with Gasteiger partial charge in [-0.15, -0.1) is 0 Å². The summed E-state index contributed by atoms with van der Waals surface area (Å²) in [6.45, 7) is 0.231. The SMILES string of the molecule is O=C(O)Nc1cnc(S(=O)(=O)Nc2ccc3c(c2)B(O)OC3)c(Nc2cnccn2)c1. The number of fused-ring (bicyclic) bond motifs is 1. The number of anilines is 4. The minimum atomic E-state index is -4.21. The molecule has 1 amide bonds. The lowest BCUT2D eigenvalue weighted by Crippen LogP contribution is -2.28. The maximum atomic E-state index is 13.0. The standard InChI is InChI=1S/C17H15BN6O6S/c25-17(26)22-12-6-14(23-15-8-19-3-4-20-15)16(21-7-12)31(28,29)24-11-2-1-10-9-30-18(27)13(10)5-11/h1-8,22,24,27H,9H2,(H,20,23)(H,25,26). The fraction of sp³-hybridized carbons (Fsp3) is 0.0588. The number of nitrogens with zero attached hydrogens (tertiary/aromatic N) is 3. The number of aromatic nitrogens is 3. The third kappa shape index (κ3) is 4.55. The predicted molar refractivity (Wildman–Crippen MR) is 111 cm³/mol. The van der Waals surface area contributed by atoms with E-state index in [0.29, 0.717) is 5.46 Å². The van der Waals surface area contributed by atoms with Crippen LogP contribution in [0.2, 0.25) is 0 Å². The molecule has 0 bridgehead atoms. The molecule has 31 heavy (non-hydrogen) atoms. The van der Waals surface area contributed by atoms with Gasteiger partial charge in [0.05, 0.1) is 30.4 Å². The number of nitrogens with one attached hydrogen (secondary N) is 3. The fourth-order valence-electron chi connectivity index (χ4n) is 2.93. The van der Waals surface area contributed by atoms with Gasteiger partial charge in [-0.3, -0.25) is 15.0 Å². The minimum Gasteiger partial charge on any atom is -0.465 e. The molecule has 0 spiro atoms. The largest absolute Gasteiger partial charge is 0.491 e. The van der Waals surface area contributed by atoms with Crippen molar-refractivity contribution in [2.75, 3.05) is 15.4 Å². The average molecular weight is 442 g/mol. The summed E-state index contributed by atoms with van der Waals surface area (Å²) in [5, 5.41) is 23.3. The molecule has 0 saturated heterocycles. The third-order valence-electron chi connectivity index (χ3n) is 4.24. The Morgan fingerprint density at radius 2 is 1.97 bits per heavy atom. The van der Waals surface area contributed by atoms with E-state index < -0.39 is 28.3 Å². The summed E-state index contributed by atoms with van der Waals surface area (Å²) in [5.41, 5.74) is 1.44. The van der Waals surface area contributed by atoms with E-state index in [-0.39, 0.29) is 29.5 Å². The van der Waals surface area contributed by atoms with Crippen molar-refractivity contribution in [1.82, 2.24) is 15.0 Å². The van der Waals surface area contributed by atoms with Gasteiger partial charge < -0.3 is 20.1 Å². The van der Waals surface area contributed by atoms with E-state index in [4.69, 9.17) is 9.76 Å². The topological polar surface area (TPSA) is 176 Å². The summed E-state index contributed by atoms with van der Waals surface area (Å²) in [4.78, 5) is 22.8. The van der Waals surface area contributed by atoms with Crippen LogP contribution in [0.3, 0.4) is 0 Å². The lowest BCUT2D eigenvalue weighted by molar-refractivity contribution is 0.209. The van der Waals surface area contributed by atoms with Crippen molar-refractivity contribution >= 4 is 51.6 Å². The van der Waals surface area contributed by atoms with Gasteiger partial charge in [0.25, 0.3) is 10.0 Å². The molecule has 0 saturated carbocycles. The summed E-state index contributed by atoms with van der Waals surface area (Å²) in [6, 6.07) is 5.93. The van der Waals surface area contributed by atoms with E-state index >= 15 is 0 Å². The van der Waals surface area contributed by atoms with Crippen LogP contribution in [0.4, 0.5) is 27.7 Å². The quantitative estimate of drug-likeness (QED) is 0.342. The molecule has 14 heteroatoms. The number of hydrogen-bond acceptors (Lipinski definition) is 9. The van der Waals surface area contributed by atoms with E-state index in [0.717, 1.165) is 11.8 Å². The van der Waals surface area contributed by atoms with E-state index in [2.05, 4.69) is 30.3 Å². The fourth-order valence-corrected chi connectivity index (χ4v) is 4.06. The first kappa shape index (κ1) is 20.5. The van der Waals surface area contributed by atoms with Gasteiger partial charge in [-0.1, -0.05) is 6.07 Å². The maximum absolute atomic E-state index is 13.0. The molecule has 0 unspecified atom stereocenters. The Balaban J connectivity index is 1.69. The molecule has 0 aliphatic carbocycles. The Labute approximate surface area is 176 Å². The number of carbonyl (C=O) groups is 1. The number of carboxylic acid groups (broad SMARTS) is 1. The molecule has 5 N–H and O–H groups in total. The first-order valence-corrected chi connectivity index (χ1v) is 10.3. The highest BCUT2D eigenvalue weighted by molar-refractivity contribution is 7.92. The van der Waals surface area contributed by atoms with Crippen LogP contribution in [-0.2, 0) is 21.3 Å². The lowest BCUT2D eigenvalue weighted by Gasteiger charge is -2.14. The molecule has 3 aromatic rings. The zero-order valence-corrected chi connectivity index (χ0v) is 16.5. The minimum absolute atomic E-state index is 0.0243. The molecule has 1 aromatic carbocycles. The molecule has 1 aliphatic rings. The van der Waals surface area contributed by atoms with Gasteiger partial charge in [-0.2, -0.15) is 8.42 Å². The zero-order chi connectivity index (χ0) is 22.0. The van der Waals surface area contributed by atoms with Gasteiger partial charge in [0.1, 0.15) is 5.82 Å². The van der Waals surface area contributed by atoms with Crippen molar-refractivity contribution in [1.29, 1.82) is 0 Å². The Morgan fingerprint density at radius 3 is 2.71 bits per heavy atom. The van der Waals surface area contributed by atoms with E-state index in [1.165, 1.54) is 36.8 Å². The molecule has 0 radical (unpaired) electrons. The van der Waals surface area contributed by atoms with E-state index in [1.807, 2.05) is 0 Å². The normalized spacial score (nSPS) is 12.9. The summed E-state index contributed by atoms with van der Waals surface area (Å²) in [5.74, 6) is 0.228. The van der Waals surface area contributed by atoms with E-state index in [9.17, 15) is 18.2 Å². The summed E-state index contributed by atoms with van der Waals surface area (Å²) >= 11 is 0. The smallest absolute Gasteiger partial charge is 0.465 e. The van der Waals surface area contributed by atoms with Crippen molar-refractivity contribution in [3.05, 3.63) is 54.6 Å². The third-order valence-corrected chi connectivity index (χ3v) is 5.58. The van der Waals surface area contributed by atoms with Crippen LogP contribution in [0, 0.1) is 0 Å². The van der Waals surface area contributed by atoms with Gasteiger partial charge in [0, 0.05) is 18.1 Å². The van der Waals surface area contributed by atoms with Gasteiger partial charge in [0.15, 0.2) is 5.03 Å². The number of pyridine rings is 1. The molecule has 1 aliphatic heterocycles. The highest BCUT2D eigenvalue weighted by atomic mass is 32.2. The van der Waals surface area contributed by atoms with Crippen LogP contribution in [0.5, 0.6) is 0 Å². The Bertz CT molecular complexity index is 1240. The molecule has 4 rings (SSSR count). The van der Waals surface area contributed by atoms with Crippen LogP contribution >= 0.6 is 0 Å². The second-order valence-corrected chi connectivity index (χ2v) is 8.00. The number of hydrogen-bond donors (Lipinski definition) is 5. The number of benzene rings is 1. The highest BCUT2D eigenvalue weighted by Crippen LogP contribution is 2.27. The summed E-state index contributed by atoms with van der Waals surface area (Å²) in [7, 11) is -5.35. The van der Waals surface area contributed by atoms with Crippen molar-refractivity contribution in [3.63, 3.8) is 0 Å². The first-order chi connectivity index (χ1) is 14.8. The summed E-state index contributed by atoms with van der Waals surface area (Å²) < 4.78 is 33.6. The second-order valence-electron chi connectivity index (χ2n) is 6.40. The van der Waals surface area contributed by atoms with Gasteiger partial charge >= 0.3 is 13.2 Å². The number of rotatable bonds is 6. The first-order valence-electron chi connectivity index (χ1n) is 8.80. The highest BCUT2D eigenvalue weighted by Gasteiger charge is 2.28. The Kier molecular flexibility index (Phi) is 5.41. The Morgan fingerprint density at radius 1 is 1.13 bits per heavy atom. The molecule has 0 atom stereocenters. The Hall–Kier alpha value is -3.75. The van der Waals surface area contributed by atoms with Crippen LogP contribution in [0.1, 0.15) is 5.56 Å². The van der Waals surface area contributed by atoms with Crippen LogP contribution in [-0.4, -0.2) is 46.7 Å². The van der Waals surface area contributed by atoms with Crippen molar-refractivity contribution < 1.29 is 28.0 Å². The molecular weight excluding hydrogens is 427 g/mol. The van der Waals surface area contributed by atoms with Crippen molar-refractivity contribution in [3.8, 4) is 0 Å². The van der Waals surface area contributed by atoms with Crippen LogP contribution in [0.25, 0.3) is 0 Å². The molecule has 158 valence electrons. The monoisotopic (exact) mass is 442 g/mol. The predicted octanol–water partition coefficient (Wildman–Crippen LogP) is 0.724. The second kappa shape index (κ2) is 8.18. The molecule has 3 heterocycles. The summed E-state index contributed by atoms with van der Waals surface area (Å²) in [6.07, 6.45) is 3.95. The van der Waals surface area contributed by atoms with Crippen LogP contribution in [0.15, 0.2) is 54.1 Å². The van der Waals surface area contributed by atoms with E-state index in [1.54, 1.807) is 6.07 Å². The molecule has 0 fully saturated rings. The number of amides is 1. The molecular formula is C17H15BN6O6S. The van der Waals surface area contributed by atoms with Crippen molar-refractivity contribution in [2.24, 2.45) is 0 Å². The zero-order valence-electron chi connectivity index (χ0n) is 15.7. The molecule has 2 aromatic heterocycles. The van der Waals surface area contributed by atoms with Crippen molar-refractivity contribution in [2.45, 2.75) is 11.6 Å².